The molecule has 3 atom stereocenters. The Morgan fingerprint density at radius 3 is 2.02 bits per heavy atom. The van der Waals surface area contributed by atoms with Crippen LogP contribution in [0.25, 0.3) is 11.1 Å². The van der Waals surface area contributed by atoms with Gasteiger partial charge in [-0.25, -0.2) is 0 Å². The molecule has 0 fully saturated rings. The molecule has 0 saturated heterocycles. The van der Waals surface area contributed by atoms with Crippen molar-refractivity contribution in [3.63, 3.8) is 0 Å². The van der Waals surface area contributed by atoms with E-state index in [9.17, 15) is 14.4 Å². The molecule has 3 aromatic rings. The molecular weight excluding hydrogens is 626 g/mol. The Morgan fingerprint density at radius 2 is 1.45 bits per heavy atom. The second-order valence-corrected chi connectivity index (χ2v) is 12.8. The molecule has 11 nitrogen and oxygen atoms in total. The second kappa shape index (κ2) is 16.0. The van der Waals surface area contributed by atoms with Crippen LogP contribution in [0.1, 0.15) is 69.8 Å². The Labute approximate surface area is 288 Å². The van der Waals surface area contributed by atoms with Crippen molar-refractivity contribution in [3.05, 3.63) is 69.4 Å². The Hall–Kier alpha value is -4.93. The van der Waals surface area contributed by atoms with Crippen LogP contribution in [0.2, 0.25) is 0 Å². The molecule has 0 saturated carbocycles. The first-order chi connectivity index (χ1) is 23.4. The van der Waals surface area contributed by atoms with Gasteiger partial charge in [0.2, 0.25) is 23.0 Å². The van der Waals surface area contributed by atoms with Crippen molar-refractivity contribution in [1.29, 1.82) is 0 Å². The van der Waals surface area contributed by atoms with Crippen molar-refractivity contribution in [2.75, 3.05) is 40.9 Å². The van der Waals surface area contributed by atoms with Gasteiger partial charge in [-0.15, -0.1) is 0 Å². The SMILES string of the molecule is COc1ccc(C(NC(=O)[C@H](Nc2ccc3c(cc2=O)[C@H](NC(C)=O)CCc2cc(OC)c(OC)c(OC)c2-3)C(C)C)C(C)C)cc1OC. The second-order valence-electron chi connectivity index (χ2n) is 12.8. The molecule has 3 aromatic carbocycles. The van der Waals surface area contributed by atoms with Crippen molar-refractivity contribution >= 4 is 17.5 Å². The van der Waals surface area contributed by atoms with Gasteiger partial charge in [-0.1, -0.05) is 39.8 Å². The fraction of sp³-hybridized carbons (Fsp3) is 0.447. The summed E-state index contributed by atoms with van der Waals surface area (Å²) in [5, 5.41) is 9.49. The van der Waals surface area contributed by atoms with Crippen LogP contribution >= 0.6 is 0 Å². The number of ether oxygens (including phenoxy) is 5. The quantitative estimate of drug-likeness (QED) is 0.205. The van der Waals surface area contributed by atoms with Gasteiger partial charge in [0.1, 0.15) is 6.04 Å². The lowest BCUT2D eigenvalue weighted by Crippen LogP contribution is -2.46. The van der Waals surface area contributed by atoms with Crippen molar-refractivity contribution < 1.29 is 33.3 Å². The van der Waals surface area contributed by atoms with Crippen LogP contribution in [-0.2, 0) is 16.0 Å². The van der Waals surface area contributed by atoms with Gasteiger partial charge in [-0.2, -0.15) is 0 Å². The predicted molar refractivity (Wildman–Crippen MR) is 190 cm³/mol. The highest BCUT2D eigenvalue weighted by molar-refractivity contribution is 5.86. The third-order valence-corrected chi connectivity index (χ3v) is 8.91. The zero-order valence-corrected chi connectivity index (χ0v) is 30.1. The molecule has 264 valence electrons. The molecule has 1 aliphatic carbocycles. The van der Waals surface area contributed by atoms with Crippen molar-refractivity contribution in [2.24, 2.45) is 11.8 Å². The van der Waals surface area contributed by atoms with Crippen LogP contribution in [0, 0.1) is 11.8 Å². The van der Waals surface area contributed by atoms with Gasteiger partial charge in [0.05, 0.1) is 53.3 Å². The number of aryl methyl sites for hydroxylation is 1. The van der Waals surface area contributed by atoms with Gasteiger partial charge in [0.15, 0.2) is 23.0 Å². The van der Waals surface area contributed by atoms with Crippen LogP contribution in [-0.4, -0.2) is 53.4 Å². The monoisotopic (exact) mass is 675 g/mol. The highest BCUT2D eigenvalue weighted by atomic mass is 16.5. The first-order valence-electron chi connectivity index (χ1n) is 16.4. The Kier molecular flexibility index (Phi) is 12.0. The smallest absolute Gasteiger partial charge is 0.243 e. The lowest BCUT2D eigenvalue weighted by Gasteiger charge is -2.28. The summed E-state index contributed by atoms with van der Waals surface area (Å²) in [6.45, 7) is 9.36. The molecule has 49 heavy (non-hydrogen) atoms. The molecule has 0 heterocycles. The van der Waals surface area contributed by atoms with E-state index in [1.54, 1.807) is 47.7 Å². The standard InChI is InChI=1S/C38H49N3O8/c1-20(2)34(24-12-16-30(45-6)31(18-24)46-7)41-38(44)35(21(3)4)40-28-15-13-25-26(19-29(28)43)27(39-22(5)42)14-11-23-17-32(47-8)36(48-9)37(49-10)33(23)25/h12-13,15-21,27,34-35H,11,14H2,1-10H3,(H,39,42)(H,40,43)(H,41,44)/t27-,34?,35-/m1/s1. The minimum atomic E-state index is -0.742. The molecule has 0 bridgehead atoms. The van der Waals surface area contributed by atoms with Crippen molar-refractivity contribution in [1.82, 2.24) is 10.6 Å². The zero-order chi connectivity index (χ0) is 36.0. The van der Waals surface area contributed by atoms with Gasteiger partial charge < -0.3 is 39.6 Å². The molecule has 0 aliphatic heterocycles. The maximum atomic E-state index is 14.0. The fourth-order valence-electron chi connectivity index (χ4n) is 6.45. The van der Waals surface area contributed by atoms with E-state index in [0.29, 0.717) is 52.7 Å². The molecule has 3 N–H and O–H groups in total. The summed E-state index contributed by atoms with van der Waals surface area (Å²) < 4.78 is 28.1. The maximum Gasteiger partial charge on any atom is 0.243 e. The number of amides is 2. The molecular formula is C38H49N3O8. The van der Waals surface area contributed by atoms with Gasteiger partial charge >= 0.3 is 0 Å². The van der Waals surface area contributed by atoms with Gasteiger partial charge in [0, 0.05) is 12.5 Å². The number of fused-ring (bicyclic) bond motifs is 3. The highest BCUT2D eigenvalue weighted by Gasteiger charge is 2.31. The molecule has 2 amide bonds. The van der Waals surface area contributed by atoms with Crippen LogP contribution in [0.3, 0.4) is 0 Å². The Bertz CT molecular complexity index is 1740. The first kappa shape index (κ1) is 36.9. The number of anilines is 1. The maximum absolute atomic E-state index is 14.0. The van der Waals surface area contributed by atoms with Crippen molar-refractivity contribution in [3.8, 4) is 39.9 Å². The summed E-state index contributed by atoms with van der Waals surface area (Å²) in [7, 11) is 7.81. The topological polar surface area (TPSA) is 133 Å². The van der Waals surface area contributed by atoms with Gasteiger partial charge in [-0.3, -0.25) is 14.4 Å². The fourth-order valence-corrected chi connectivity index (χ4v) is 6.45. The molecule has 4 rings (SSSR count). The predicted octanol–water partition coefficient (Wildman–Crippen LogP) is 5.83. The zero-order valence-electron chi connectivity index (χ0n) is 30.1. The summed E-state index contributed by atoms with van der Waals surface area (Å²) in [6, 6.07) is 11.0. The van der Waals surface area contributed by atoms with E-state index in [2.05, 4.69) is 16.0 Å². The molecule has 1 aliphatic rings. The minimum Gasteiger partial charge on any atom is -0.493 e. The molecule has 1 unspecified atom stereocenters. The summed E-state index contributed by atoms with van der Waals surface area (Å²) in [4.78, 5) is 40.3. The van der Waals surface area contributed by atoms with E-state index in [1.807, 2.05) is 58.0 Å². The number of nitrogens with one attached hydrogen (secondary N) is 3. The normalized spacial score (nSPS) is 14.8. The largest absolute Gasteiger partial charge is 0.493 e. The highest BCUT2D eigenvalue weighted by Crippen LogP contribution is 2.50. The average Bonchev–Trinajstić information content (AvgIpc) is 3.32. The molecule has 0 radical (unpaired) electrons. The van der Waals surface area contributed by atoms with Crippen LogP contribution in [0.15, 0.2) is 47.3 Å². The van der Waals surface area contributed by atoms with Crippen LogP contribution < -0.4 is 45.1 Å². The van der Waals surface area contributed by atoms with Gasteiger partial charge in [0.25, 0.3) is 0 Å². The number of carbonyl (C=O) groups is 2. The van der Waals surface area contributed by atoms with Gasteiger partial charge in [-0.05, 0) is 77.3 Å². The Balaban J connectivity index is 1.79. The number of benzene rings is 2. The summed E-state index contributed by atoms with van der Waals surface area (Å²) in [5.41, 5.74) is 3.80. The van der Waals surface area contributed by atoms with E-state index in [-0.39, 0.29) is 40.8 Å². The summed E-state index contributed by atoms with van der Waals surface area (Å²) in [6.07, 6.45) is 1.12. The summed E-state index contributed by atoms with van der Waals surface area (Å²) >= 11 is 0. The van der Waals surface area contributed by atoms with E-state index in [0.717, 1.165) is 16.7 Å². The molecule has 0 spiro atoms. The number of rotatable bonds is 13. The molecule has 11 heteroatoms. The average molecular weight is 676 g/mol. The van der Waals surface area contributed by atoms with Crippen LogP contribution in [0.5, 0.6) is 28.7 Å². The lowest BCUT2D eigenvalue weighted by molar-refractivity contribution is -0.123. The van der Waals surface area contributed by atoms with E-state index in [4.69, 9.17) is 23.7 Å². The van der Waals surface area contributed by atoms with E-state index in [1.165, 1.54) is 6.92 Å². The number of hydrogen-bond donors (Lipinski definition) is 3. The Morgan fingerprint density at radius 1 is 0.776 bits per heavy atom. The van der Waals surface area contributed by atoms with Crippen LogP contribution in [0.4, 0.5) is 5.69 Å². The third-order valence-electron chi connectivity index (χ3n) is 8.91. The van der Waals surface area contributed by atoms with E-state index >= 15 is 0 Å². The minimum absolute atomic E-state index is 0.0477. The molecule has 0 aromatic heterocycles. The lowest BCUT2D eigenvalue weighted by atomic mass is 9.94. The third kappa shape index (κ3) is 7.87. The van der Waals surface area contributed by atoms with Crippen molar-refractivity contribution in [2.45, 2.75) is 65.6 Å². The number of carbonyl (C=O) groups excluding carboxylic acids is 2. The van der Waals surface area contributed by atoms with E-state index < -0.39 is 12.1 Å². The number of methoxy groups -OCH3 is 5. The number of hydrogen-bond acceptors (Lipinski definition) is 9. The summed E-state index contributed by atoms with van der Waals surface area (Å²) in [5.74, 6) is 1.97. The first-order valence-corrected chi connectivity index (χ1v) is 16.4.